The van der Waals surface area contributed by atoms with Crippen molar-refractivity contribution in [2.75, 3.05) is 13.1 Å². The third-order valence-electron chi connectivity index (χ3n) is 2.15. The summed E-state index contributed by atoms with van der Waals surface area (Å²) in [5, 5.41) is 3.39. The maximum absolute atomic E-state index is 3.39. The van der Waals surface area contributed by atoms with Crippen molar-refractivity contribution < 1.29 is 0 Å². The molecule has 0 aromatic heterocycles. The number of nitrogens with one attached hydrogen (secondary N) is 1. The first-order chi connectivity index (χ1) is 5.29. The Morgan fingerprint density at radius 2 is 2.36 bits per heavy atom. The predicted octanol–water partition coefficient (Wildman–Crippen LogP) is 2.34. The molecule has 1 rings (SSSR count). The van der Waals surface area contributed by atoms with E-state index in [1.807, 2.05) is 0 Å². The zero-order valence-corrected chi connectivity index (χ0v) is 7.69. The highest BCUT2D eigenvalue weighted by atomic mass is 14.9. The molecular weight excluding hydrogens is 134 g/mol. The van der Waals surface area contributed by atoms with Gasteiger partial charge in [0.15, 0.2) is 0 Å². The Labute approximate surface area is 69.9 Å². The third-order valence-corrected chi connectivity index (χ3v) is 2.15. The summed E-state index contributed by atoms with van der Waals surface area (Å²) in [4.78, 5) is 0. The molecule has 0 aromatic rings. The van der Waals surface area contributed by atoms with Crippen molar-refractivity contribution in [3.05, 3.63) is 11.6 Å². The molecule has 1 N–H and O–H groups in total. The van der Waals surface area contributed by atoms with Gasteiger partial charge < -0.3 is 5.32 Å². The van der Waals surface area contributed by atoms with Crippen molar-refractivity contribution >= 4 is 0 Å². The SMILES string of the molecule is CC(C)CCC1=CCCNC1. The van der Waals surface area contributed by atoms with Gasteiger partial charge in [0.1, 0.15) is 0 Å². The predicted molar refractivity (Wildman–Crippen MR) is 49.6 cm³/mol. The molecule has 0 unspecified atom stereocenters. The van der Waals surface area contributed by atoms with Crippen LogP contribution in [0.25, 0.3) is 0 Å². The Balaban J connectivity index is 2.19. The van der Waals surface area contributed by atoms with E-state index >= 15 is 0 Å². The Morgan fingerprint density at radius 3 is 2.91 bits per heavy atom. The van der Waals surface area contributed by atoms with Crippen LogP contribution in [0.1, 0.15) is 33.1 Å². The molecule has 64 valence electrons. The molecule has 0 spiro atoms. The van der Waals surface area contributed by atoms with Crippen molar-refractivity contribution in [2.24, 2.45) is 5.92 Å². The van der Waals surface area contributed by atoms with E-state index in [1.165, 1.54) is 25.8 Å². The Kier molecular flexibility index (Phi) is 3.64. The minimum atomic E-state index is 0.845. The average molecular weight is 153 g/mol. The van der Waals surface area contributed by atoms with Crippen LogP contribution in [0, 0.1) is 5.92 Å². The summed E-state index contributed by atoms with van der Waals surface area (Å²) in [7, 11) is 0. The van der Waals surface area contributed by atoms with E-state index in [0.717, 1.165) is 12.5 Å². The molecule has 0 radical (unpaired) electrons. The highest BCUT2D eigenvalue weighted by molar-refractivity contribution is 5.07. The first kappa shape index (κ1) is 8.79. The summed E-state index contributed by atoms with van der Waals surface area (Å²) >= 11 is 0. The molecular formula is C10H19N. The second-order valence-corrected chi connectivity index (χ2v) is 3.76. The fraction of sp³-hybridized carbons (Fsp3) is 0.800. The van der Waals surface area contributed by atoms with Gasteiger partial charge in [0.2, 0.25) is 0 Å². The van der Waals surface area contributed by atoms with Gasteiger partial charge in [0, 0.05) is 6.54 Å². The van der Waals surface area contributed by atoms with Crippen LogP contribution in [0.5, 0.6) is 0 Å². The standard InChI is InChI=1S/C10H19N/c1-9(2)5-6-10-4-3-7-11-8-10/h4,9,11H,3,5-8H2,1-2H3. The first-order valence-electron chi connectivity index (χ1n) is 4.67. The van der Waals surface area contributed by atoms with E-state index < -0.39 is 0 Å². The van der Waals surface area contributed by atoms with Crippen LogP contribution in [-0.2, 0) is 0 Å². The molecule has 0 bridgehead atoms. The van der Waals surface area contributed by atoms with Crippen LogP contribution in [-0.4, -0.2) is 13.1 Å². The molecule has 0 saturated carbocycles. The van der Waals surface area contributed by atoms with Crippen LogP contribution in [0.15, 0.2) is 11.6 Å². The monoisotopic (exact) mass is 153 g/mol. The van der Waals surface area contributed by atoms with Gasteiger partial charge in [0.25, 0.3) is 0 Å². The van der Waals surface area contributed by atoms with Crippen molar-refractivity contribution in [3.63, 3.8) is 0 Å². The second-order valence-electron chi connectivity index (χ2n) is 3.76. The molecule has 0 atom stereocenters. The molecule has 0 amide bonds. The highest BCUT2D eigenvalue weighted by Crippen LogP contribution is 2.12. The Morgan fingerprint density at radius 1 is 1.55 bits per heavy atom. The lowest BCUT2D eigenvalue weighted by atomic mass is 10.0. The summed E-state index contributed by atoms with van der Waals surface area (Å²) in [5.41, 5.74) is 1.62. The number of hydrogen-bond donors (Lipinski definition) is 1. The highest BCUT2D eigenvalue weighted by Gasteiger charge is 2.02. The normalized spacial score (nSPS) is 18.6. The van der Waals surface area contributed by atoms with Gasteiger partial charge in [-0.3, -0.25) is 0 Å². The lowest BCUT2D eigenvalue weighted by Gasteiger charge is -2.14. The van der Waals surface area contributed by atoms with Gasteiger partial charge in [-0.05, 0) is 31.7 Å². The van der Waals surface area contributed by atoms with Crippen LogP contribution in [0.3, 0.4) is 0 Å². The number of rotatable bonds is 3. The summed E-state index contributed by atoms with van der Waals surface area (Å²) in [6, 6.07) is 0. The van der Waals surface area contributed by atoms with E-state index in [-0.39, 0.29) is 0 Å². The second kappa shape index (κ2) is 4.55. The zero-order valence-electron chi connectivity index (χ0n) is 7.69. The van der Waals surface area contributed by atoms with Crippen LogP contribution in [0.4, 0.5) is 0 Å². The lowest BCUT2D eigenvalue weighted by Crippen LogP contribution is -2.22. The van der Waals surface area contributed by atoms with Crippen LogP contribution in [0.2, 0.25) is 0 Å². The molecule has 1 aliphatic rings. The summed E-state index contributed by atoms with van der Waals surface area (Å²) in [5.74, 6) is 0.845. The fourth-order valence-electron chi connectivity index (χ4n) is 1.36. The maximum atomic E-state index is 3.39. The van der Waals surface area contributed by atoms with Crippen molar-refractivity contribution in [2.45, 2.75) is 33.1 Å². The number of hydrogen-bond acceptors (Lipinski definition) is 1. The van der Waals surface area contributed by atoms with Crippen molar-refractivity contribution in [3.8, 4) is 0 Å². The molecule has 1 aliphatic heterocycles. The molecule has 11 heavy (non-hydrogen) atoms. The fourth-order valence-corrected chi connectivity index (χ4v) is 1.36. The van der Waals surface area contributed by atoms with Gasteiger partial charge in [-0.2, -0.15) is 0 Å². The van der Waals surface area contributed by atoms with Crippen molar-refractivity contribution in [1.82, 2.24) is 5.32 Å². The van der Waals surface area contributed by atoms with E-state index in [9.17, 15) is 0 Å². The van der Waals surface area contributed by atoms with E-state index in [1.54, 1.807) is 5.57 Å². The van der Waals surface area contributed by atoms with Gasteiger partial charge >= 0.3 is 0 Å². The summed E-state index contributed by atoms with van der Waals surface area (Å²) in [6.45, 7) is 6.88. The first-order valence-corrected chi connectivity index (χ1v) is 4.67. The van der Waals surface area contributed by atoms with Gasteiger partial charge in [-0.15, -0.1) is 0 Å². The quantitative estimate of drug-likeness (QED) is 0.614. The molecule has 0 saturated heterocycles. The van der Waals surface area contributed by atoms with E-state index in [0.29, 0.717) is 0 Å². The van der Waals surface area contributed by atoms with Gasteiger partial charge in [0.05, 0.1) is 0 Å². The van der Waals surface area contributed by atoms with E-state index in [4.69, 9.17) is 0 Å². The Bertz CT molecular complexity index is 136. The average Bonchev–Trinajstić information content (AvgIpc) is 2.03. The minimum absolute atomic E-state index is 0.845. The largest absolute Gasteiger partial charge is 0.313 e. The van der Waals surface area contributed by atoms with Crippen LogP contribution < -0.4 is 5.32 Å². The lowest BCUT2D eigenvalue weighted by molar-refractivity contribution is 0.565. The van der Waals surface area contributed by atoms with Crippen LogP contribution >= 0.6 is 0 Å². The smallest absolute Gasteiger partial charge is 0.0164 e. The molecule has 0 aromatic carbocycles. The molecule has 1 heteroatoms. The maximum Gasteiger partial charge on any atom is 0.0164 e. The Hall–Kier alpha value is -0.300. The summed E-state index contributed by atoms with van der Waals surface area (Å²) < 4.78 is 0. The van der Waals surface area contributed by atoms with Gasteiger partial charge in [-0.1, -0.05) is 25.5 Å². The molecule has 0 aliphatic carbocycles. The topological polar surface area (TPSA) is 12.0 Å². The minimum Gasteiger partial charge on any atom is -0.313 e. The van der Waals surface area contributed by atoms with Gasteiger partial charge in [-0.25, -0.2) is 0 Å². The molecule has 0 fully saturated rings. The molecule has 1 heterocycles. The third kappa shape index (κ3) is 3.57. The van der Waals surface area contributed by atoms with E-state index in [2.05, 4.69) is 25.2 Å². The molecule has 1 nitrogen and oxygen atoms in total. The van der Waals surface area contributed by atoms with Crippen molar-refractivity contribution in [1.29, 1.82) is 0 Å². The summed E-state index contributed by atoms with van der Waals surface area (Å²) in [6.07, 6.45) is 6.27. The zero-order chi connectivity index (χ0) is 8.10.